The van der Waals surface area contributed by atoms with Gasteiger partial charge in [-0.3, -0.25) is 19.2 Å². The Bertz CT molecular complexity index is 2140. The van der Waals surface area contributed by atoms with Gasteiger partial charge in [-0.1, -0.05) is 55.8 Å². The molecule has 2 saturated carbocycles. The van der Waals surface area contributed by atoms with Gasteiger partial charge in [-0.15, -0.1) is 0 Å². The van der Waals surface area contributed by atoms with Gasteiger partial charge in [-0.25, -0.2) is 9.59 Å². The topological polar surface area (TPSA) is 265 Å². The van der Waals surface area contributed by atoms with Crippen LogP contribution in [0.1, 0.15) is 97.1 Å². The number of fused-ring (bicyclic) bond motifs is 3. The van der Waals surface area contributed by atoms with Crippen molar-refractivity contribution in [1.82, 2.24) is 10.6 Å². The second-order valence-electron chi connectivity index (χ2n) is 18.3. The lowest BCUT2D eigenvalue weighted by atomic mass is 9.44. The first-order chi connectivity index (χ1) is 29.2. The van der Waals surface area contributed by atoms with Gasteiger partial charge in [0.05, 0.1) is 41.9 Å². The molecule has 3 aliphatic rings. The lowest BCUT2D eigenvalue weighted by molar-refractivity contribution is -0.267. The summed E-state index contributed by atoms with van der Waals surface area (Å²) in [6.45, 7) is 11.3. The molecule has 17 nitrogen and oxygen atoms in total. The summed E-state index contributed by atoms with van der Waals surface area (Å²) >= 11 is 6.12. The van der Waals surface area contributed by atoms with Gasteiger partial charge in [0.15, 0.2) is 23.6 Å². The lowest BCUT2D eigenvalue weighted by Gasteiger charge is -2.65. The van der Waals surface area contributed by atoms with E-state index in [0.29, 0.717) is 0 Å². The Labute approximate surface area is 370 Å². The fourth-order valence-electron chi connectivity index (χ4n) is 9.71. The van der Waals surface area contributed by atoms with Gasteiger partial charge in [0.25, 0.3) is 5.91 Å². The summed E-state index contributed by atoms with van der Waals surface area (Å²) in [5.74, 6) is -7.18. The molecule has 11 atom stereocenters. The first-order valence-electron chi connectivity index (χ1n) is 20.5. The van der Waals surface area contributed by atoms with E-state index in [1.54, 1.807) is 51.1 Å². The van der Waals surface area contributed by atoms with Gasteiger partial charge < -0.3 is 55.1 Å². The summed E-state index contributed by atoms with van der Waals surface area (Å²) < 4.78 is 23.0. The molecule has 344 valence electrons. The number of hydrogen-bond acceptors (Lipinski definition) is 15. The number of nitrogens with one attached hydrogen (secondary N) is 2. The van der Waals surface area contributed by atoms with Gasteiger partial charge in [0, 0.05) is 48.6 Å². The average Bonchev–Trinajstić information content (AvgIpc) is 3.18. The van der Waals surface area contributed by atoms with Crippen LogP contribution in [0.5, 0.6) is 0 Å². The maximum atomic E-state index is 15.5. The van der Waals surface area contributed by atoms with Crippen LogP contribution in [0.15, 0.2) is 65.7 Å². The number of carbonyl (C=O) groups is 6. The van der Waals surface area contributed by atoms with Crippen molar-refractivity contribution in [2.75, 3.05) is 6.61 Å². The predicted molar refractivity (Wildman–Crippen MR) is 224 cm³/mol. The molecule has 63 heavy (non-hydrogen) atoms. The molecule has 2 amide bonds. The van der Waals surface area contributed by atoms with Crippen LogP contribution in [0.25, 0.3) is 0 Å². The number of halogens is 1. The van der Waals surface area contributed by atoms with Crippen LogP contribution in [0.2, 0.25) is 5.02 Å². The molecular formula is C45H57ClN2O15. The number of rotatable bonds is 10. The molecule has 2 bridgehead atoms. The van der Waals surface area contributed by atoms with Crippen molar-refractivity contribution in [3.8, 4) is 0 Å². The van der Waals surface area contributed by atoms with Crippen LogP contribution in [0.3, 0.4) is 0 Å². The molecule has 7 N–H and O–H groups in total. The molecule has 0 radical (unpaired) electrons. The third-order valence-electron chi connectivity index (χ3n) is 12.8. The number of carbonyl (C=O) groups excluding carboxylic acids is 6. The van der Waals surface area contributed by atoms with Crippen LogP contribution in [0.4, 0.5) is 4.79 Å². The van der Waals surface area contributed by atoms with Crippen molar-refractivity contribution in [3.63, 3.8) is 0 Å². The number of ketones is 1. The number of esters is 3. The van der Waals surface area contributed by atoms with Gasteiger partial charge in [0.2, 0.25) is 0 Å². The molecule has 18 heteroatoms. The zero-order valence-electron chi connectivity index (χ0n) is 36.6. The first-order valence-corrected chi connectivity index (χ1v) is 20.8. The number of hydrogen-bond donors (Lipinski definition) is 7. The third kappa shape index (κ3) is 9.09. The van der Waals surface area contributed by atoms with Crippen molar-refractivity contribution >= 4 is 47.3 Å². The molecule has 5 rings (SSSR count). The molecule has 1 unspecified atom stereocenters. The summed E-state index contributed by atoms with van der Waals surface area (Å²) in [5.41, 5.74) is -9.84. The Hall–Kier alpha value is -4.91. The molecule has 0 aromatic heterocycles. The summed E-state index contributed by atoms with van der Waals surface area (Å²) in [5, 5.41) is 66.0. The smallest absolute Gasteiger partial charge is 0.408 e. The number of benzene rings is 2. The van der Waals surface area contributed by atoms with E-state index < -0.39 is 131 Å². The fourth-order valence-corrected chi connectivity index (χ4v) is 9.84. The minimum Gasteiger partial charge on any atom is -0.456 e. The second kappa shape index (κ2) is 17.9. The maximum Gasteiger partial charge on any atom is 0.408 e. The van der Waals surface area contributed by atoms with Crippen LogP contribution < -0.4 is 10.6 Å². The number of Topliss-reactive ketones (excluding diaryl/α,β-unsaturated/α-hetero) is 1. The van der Waals surface area contributed by atoms with Crippen molar-refractivity contribution in [1.29, 1.82) is 0 Å². The summed E-state index contributed by atoms with van der Waals surface area (Å²) in [6, 6.07) is 10.2. The quantitative estimate of drug-likeness (QED) is 0.103. The minimum absolute atomic E-state index is 0.00836. The molecule has 2 aromatic rings. The highest BCUT2D eigenvalue weighted by Gasteiger charge is 2.75. The minimum atomic E-state index is -2.54. The van der Waals surface area contributed by atoms with E-state index in [0.717, 1.165) is 13.8 Å². The van der Waals surface area contributed by atoms with Crippen molar-refractivity contribution in [3.05, 3.63) is 81.9 Å². The number of alkyl carbamates (subject to hydrolysis) is 1. The molecular weight excluding hydrogens is 844 g/mol. The third-order valence-corrected chi connectivity index (χ3v) is 13.1. The van der Waals surface area contributed by atoms with E-state index >= 15 is 4.79 Å². The van der Waals surface area contributed by atoms with Crippen molar-refractivity contribution < 1.29 is 73.2 Å². The number of amides is 2. The van der Waals surface area contributed by atoms with E-state index in [4.69, 9.17) is 30.5 Å². The largest absolute Gasteiger partial charge is 0.456 e. The van der Waals surface area contributed by atoms with Gasteiger partial charge in [-0.05, 0) is 75.6 Å². The molecule has 2 fully saturated rings. The second-order valence-corrected chi connectivity index (χ2v) is 18.7. The molecule has 0 aliphatic heterocycles. The normalized spacial score (nSPS) is 31.2. The molecule has 3 aliphatic carbocycles. The summed E-state index contributed by atoms with van der Waals surface area (Å²) in [7, 11) is 0. The molecule has 0 spiro atoms. The highest BCUT2D eigenvalue weighted by atomic mass is 35.5. The Morgan fingerprint density at radius 1 is 0.921 bits per heavy atom. The van der Waals surface area contributed by atoms with Gasteiger partial charge >= 0.3 is 24.0 Å². The van der Waals surface area contributed by atoms with Crippen molar-refractivity contribution in [2.45, 2.75) is 135 Å². The fraction of sp³-hybridized carbons (Fsp3) is 0.556. The molecule has 0 saturated heterocycles. The number of ether oxygens (including phenoxy) is 4. The zero-order valence-corrected chi connectivity index (χ0v) is 37.4. The Kier molecular flexibility index (Phi) is 14.0. The van der Waals surface area contributed by atoms with Crippen molar-refractivity contribution in [2.24, 2.45) is 16.7 Å². The highest BCUT2D eigenvalue weighted by Crippen LogP contribution is 2.62. The standard InChI is InChI=1S/C45H57ClN2O15/c1-22-28(61-39(57)33(54)32(25-13-11-10-12-14-25)47-40(58)63-41(4,5)6)20-45(59)36(48-38(56)26-15-17-27(46)18-16-26)35-43(9,29(52)19-30(53)44(35,21-49)62-24(3)51)37(55)34(60-23(2)50)31(22)42(45,7)8/h10-18,28-30,32-36,49,52-54,59H,19-21H2,1-9H3,(H,47,58)(H,48,56)/t28-,29-,30-,32-,33-,34+,35?,36-,43+,44-,45+/m0/s1. The van der Waals surface area contributed by atoms with E-state index in [1.165, 1.54) is 52.0 Å². The van der Waals surface area contributed by atoms with Crippen LogP contribution >= 0.6 is 11.6 Å². The lowest BCUT2D eigenvalue weighted by Crippen LogP contribution is -2.80. The molecule has 0 heterocycles. The maximum absolute atomic E-state index is 15.5. The van der Waals surface area contributed by atoms with Crippen LogP contribution in [0, 0.1) is 16.7 Å². The number of aliphatic hydroxyl groups excluding tert-OH is 4. The van der Waals surface area contributed by atoms with E-state index in [9.17, 15) is 49.5 Å². The monoisotopic (exact) mass is 900 g/mol. The predicted octanol–water partition coefficient (Wildman–Crippen LogP) is 3.01. The summed E-state index contributed by atoms with van der Waals surface area (Å²) in [4.78, 5) is 83.1. The van der Waals surface area contributed by atoms with Gasteiger partial charge in [0.1, 0.15) is 11.7 Å². The first kappa shape index (κ1) is 49.1. The Morgan fingerprint density at radius 3 is 2.06 bits per heavy atom. The Balaban J connectivity index is 1.77. The van der Waals surface area contributed by atoms with Gasteiger partial charge in [-0.2, -0.15) is 0 Å². The van der Waals surface area contributed by atoms with E-state index in [-0.39, 0.29) is 27.3 Å². The van der Waals surface area contributed by atoms with Crippen LogP contribution in [-0.4, -0.2) is 121 Å². The zero-order chi connectivity index (χ0) is 47.2. The molecule has 2 aromatic carbocycles. The summed E-state index contributed by atoms with van der Waals surface area (Å²) in [6.07, 6.45) is -11.7. The van der Waals surface area contributed by atoms with E-state index in [2.05, 4.69) is 10.6 Å². The SMILES string of the molecule is CC(=O)O[C@H]1C(=O)[C@@]2(C)C([C@H](NC(=O)c3ccc(Cl)cc3)[C@]3(O)C[C@H](OC(=O)[C@@H](O)[C@@H](NC(=O)OC(C)(C)C)c4ccccc4)C(C)=C1C3(C)C)[C@@](CO)(OC(C)=O)[C@@H](O)C[C@@H]2O. The highest BCUT2D eigenvalue weighted by molar-refractivity contribution is 6.30. The van der Waals surface area contributed by atoms with Crippen LogP contribution in [-0.2, 0) is 38.1 Å². The average molecular weight is 901 g/mol. The Morgan fingerprint density at radius 2 is 1.52 bits per heavy atom. The van der Waals surface area contributed by atoms with E-state index in [1.807, 2.05) is 0 Å². The number of aliphatic hydroxyl groups is 5.